The van der Waals surface area contributed by atoms with E-state index in [4.69, 9.17) is 11.6 Å². The molecule has 0 saturated heterocycles. The lowest BCUT2D eigenvalue weighted by Crippen LogP contribution is -2.81. The van der Waals surface area contributed by atoms with Gasteiger partial charge in [-0.1, -0.05) is 5.01 Å². The van der Waals surface area contributed by atoms with Crippen molar-refractivity contribution in [3.8, 4) is 0 Å². The fourth-order valence-electron chi connectivity index (χ4n) is 2.72. The molecule has 1 fully saturated rings. The number of amides is 3. The van der Waals surface area contributed by atoms with Crippen molar-refractivity contribution in [1.29, 1.82) is 0 Å². The third-order valence-electron chi connectivity index (χ3n) is 4.21. The normalized spacial score (nSPS) is 19.7. The maximum absolute atomic E-state index is 12.0. The topological polar surface area (TPSA) is 136 Å². The highest BCUT2D eigenvalue weighted by Gasteiger charge is 2.31. The average Bonchev–Trinajstić information content (AvgIpc) is 2.62. The van der Waals surface area contributed by atoms with Crippen LogP contribution in [0.2, 0.25) is 0 Å². The fraction of sp³-hybridized carbons (Fsp3) is 0.857. The zero-order valence-corrected chi connectivity index (χ0v) is 14.8. The van der Waals surface area contributed by atoms with Crippen LogP contribution in [0.5, 0.6) is 0 Å². The Hall–Kier alpha value is -1.97. The van der Waals surface area contributed by atoms with E-state index in [0.717, 1.165) is 5.01 Å². The predicted molar refractivity (Wildman–Crippen MR) is 90.1 cm³/mol. The van der Waals surface area contributed by atoms with Crippen LogP contribution in [0.1, 0.15) is 38.5 Å². The first kappa shape index (κ1) is 21.1. The van der Waals surface area contributed by atoms with E-state index in [1.54, 1.807) is 0 Å². The molecular formula is C14H25ClN5O5+. The predicted octanol–water partition coefficient (Wildman–Crippen LogP) is -0.269. The Bertz CT molecular complexity index is 471. The number of carbonyl (C=O) groups excluding carboxylic acids is 2. The quantitative estimate of drug-likeness (QED) is 0.208. The Morgan fingerprint density at radius 2 is 1.76 bits per heavy atom. The van der Waals surface area contributed by atoms with Gasteiger partial charge in [0.05, 0.1) is 0 Å². The van der Waals surface area contributed by atoms with Gasteiger partial charge in [0.15, 0.2) is 0 Å². The Balaban J connectivity index is 2.09. The second-order valence-corrected chi connectivity index (χ2v) is 6.33. The summed E-state index contributed by atoms with van der Waals surface area (Å²) >= 11 is 5.46. The largest absolute Gasteiger partial charge is 0.373 e. The lowest BCUT2D eigenvalue weighted by molar-refractivity contribution is -0.639. The number of hydrogen-bond acceptors (Lipinski definition) is 5. The first-order valence-corrected chi connectivity index (χ1v) is 8.93. The van der Waals surface area contributed by atoms with Crippen LogP contribution in [-0.2, 0) is 4.79 Å². The van der Waals surface area contributed by atoms with Crippen molar-refractivity contribution >= 4 is 23.5 Å². The van der Waals surface area contributed by atoms with E-state index in [1.165, 1.54) is 5.29 Å². The summed E-state index contributed by atoms with van der Waals surface area (Å²) in [5, 5.41) is 18.4. The van der Waals surface area contributed by atoms with Crippen LogP contribution in [-0.4, -0.2) is 53.4 Å². The molecular weight excluding hydrogens is 354 g/mol. The van der Waals surface area contributed by atoms with Gasteiger partial charge in [-0.2, -0.15) is 0 Å². The van der Waals surface area contributed by atoms with Crippen LogP contribution >= 0.6 is 11.6 Å². The number of alkyl halides is 1. The maximum atomic E-state index is 12.0. The minimum absolute atomic E-state index is 0.0605. The Labute approximate surface area is 150 Å². The average molecular weight is 379 g/mol. The number of halogens is 1. The van der Waals surface area contributed by atoms with Crippen LogP contribution in [0.4, 0.5) is 4.79 Å². The molecule has 1 aliphatic rings. The number of nitrogens with zero attached hydrogens (tertiary/aromatic N) is 2. The lowest BCUT2D eigenvalue weighted by Gasteiger charge is -2.23. The second-order valence-electron chi connectivity index (χ2n) is 5.95. The molecule has 25 heavy (non-hydrogen) atoms. The molecule has 142 valence electrons. The van der Waals surface area contributed by atoms with Crippen molar-refractivity contribution in [1.82, 2.24) is 15.6 Å². The van der Waals surface area contributed by atoms with Crippen LogP contribution < -0.4 is 15.9 Å². The monoisotopic (exact) mass is 378 g/mol. The summed E-state index contributed by atoms with van der Waals surface area (Å²) < 4.78 is 0. The number of hydrogen-bond donors (Lipinski definition) is 3. The maximum Gasteiger partial charge on any atom is 0.373 e. The van der Waals surface area contributed by atoms with Gasteiger partial charge in [0.2, 0.25) is 11.9 Å². The molecule has 0 unspecified atom stereocenters. The molecule has 0 aliphatic heterocycles. The van der Waals surface area contributed by atoms with Crippen LogP contribution in [0, 0.1) is 20.9 Å². The van der Waals surface area contributed by atoms with E-state index >= 15 is 0 Å². The number of hydrazine groups is 1. The summed E-state index contributed by atoms with van der Waals surface area (Å²) in [7, 11) is 0. The highest BCUT2D eigenvalue weighted by atomic mass is 35.5. The van der Waals surface area contributed by atoms with E-state index in [2.05, 4.69) is 10.6 Å². The number of urea groups is 1. The summed E-state index contributed by atoms with van der Waals surface area (Å²) in [5.74, 6) is -0.0593. The number of nitrogens with one attached hydrogen (secondary N) is 3. The van der Waals surface area contributed by atoms with Gasteiger partial charge >= 0.3 is 6.03 Å². The van der Waals surface area contributed by atoms with Gasteiger partial charge in [0.1, 0.15) is 11.8 Å². The minimum Gasteiger partial charge on any atom is -0.356 e. The van der Waals surface area contributed by atoms with Gasteiger partial charge in [-0.3, -0.25) is 14.9 Å². The molecule has 0 aromatic carbocycles. The van der Waals surface area contributed by atoms with Crippen LogP contribution in [0.15, 0.2) is 0 Å². The zero-order chi connectivity index (χ0) is 18.7. The fourth-order valence-corrected chi connectivity index (χ4v) is 2.89. The molecule has 0 spiro atoms. The van der Waals surface area contributed by atoms with Crippen molar-refractivity contribution in [3.05, 3.63) is 15.0 Å². The molecule has 0 bridgehead atoms. The van der Waals surface area contributed by atoms with Gasteiger partial charge in [0, 0.05) is 47.6 Å². The SMILES string of the molecule is O=[NH+]N(CCCl)C(=O)NCCCCNC(=O)C1CCC([N+](=O)[O-])CC1. The molecule has 1 aliphatic carbocycles. The van der Waals surface area contributed by atoms with Gasteiger partial charge in [-0.05, 0) is 25.7 Å². The molecule has 1 saturated carbocycles. The molecule has 3 N–H and O–H groups in total. The summed E-state index contributed by atoms with van der Waals surface area (Å²) in [5.41, 5.74) is 0. The molecule has 0 radical (unpaired) electrons. The van der Waals surface area contributed by atoms with E-state index in [9.17, 15) is 24.6 Å². The summed E-state index contributed by atoms with van der Waals surface area (Å²) in [6, 6.07) is -1.06. The summed E-state index contributed by atoms with van der Waals surface area (Å²) in [6.45, 7) is 0.962. The highest BCUT2D eigenvalue weighted by Crippen LogP contribution is 2.25. The zero-order valence-electron chi connectivity index (χ0n) is 14.0. The van der Waals surface area contributed by atoms with Gasteiger partial charge in [0.25, 0.3) is 0 Å². The summed E-state index contributed by atoms with van der Waals surface area (Å²) in [4.78, 5) is 44.5. The molecule has 10 nitrogen and oxygen atoms in total. The number of nitroso groups, excluding NO2 is 1. The Morgan fingerprint density at radius 3 is 2.28 bits per heavy atom. The Kier molecular flexibility index (Phi) is 9.75. The third-order valence-corrected chi connectivity index (χ3v) is 4.38. The van der Waals surface area contributed by atoms with Crippen molar-refractivity contribution in [2.75, 3.05) is 25.5 Å². The minimum atomic E-state index is -0.540. The highest BCUT2D eigenvalue weighted by molar-refractivity contribution is 6.18. The van der Waals surface area contributed by atoms with Crippen molar-refractivity contribution in [2.24, 2.45) is 5.92 Å². The molecule has 0 aromatic rings. The molecule has 1 rings (SSSR count). The van der Waals surface area contributed by atoms with Crippen molar-refractivity contribution in [3.63, 3.8) is 0 Å². The van der Waals surface area contributed by atoms with Crippen LogP contribution in [0.3, 0.4) is 0 Å². The van der Waals surface area contributed by atoms with E-state index in [0.29, 0.717) is 51.6 Å². The van der Waals surface area contributed by atoms with Gasteiger partial charge in [-0.15, -0.1) is 11.6 Å². The van der Waals surface area contributed by atoms with Crippen molar-refractivity contribution in [2.45, 2.75) is 44.6 Å². The first-order valence-electron chi connectivity index (χ1n) is 8.40. The molecule has 0 aromatic heterocycles. The molecule has 3 amide bonds. The van der Waals surface area contributed by atoms with E-state index in [1.807, 2.05) is 0 Å². The van der Waals surface area contributed by atoms with Gasteiger partial charge < -0.3 is 10.6 Å². The standard InChI is InChI=1S/C14H24ClN5O5/c15-7-10-19(18-23)14(22)17-9-2-1-8-16-13(21)11-3-5-12(6-4-11)20(24)25/h11-12H,1-10H2,(H,16,21)(H,17,22)/p+1. The van der Waals surface area contributed by atoms with E-state index in [-0.39, 0.29) is 29.2 Å². The first-order chi connectivity index (χ1) is 12.0. The number of rotatable bonds is 10. The molecule has 0 atom stereocenters. The lowest BCUT2D eigenvalue weighted by atomic mass is 9.86. The number of unbranched alkanes of at least 4 members (excludes halogenated alkanes) is 1. The number of nitro groups is 1. The second kappa shape index (κ2) is 11.6. The number of carbonyl (C=O) groups is 2. The van der Waals surface area contributed by atoms with E-state index < -0.39 is 12.1 Å². The Morgan fingerprint density at radius 1 is 1.16 bits per heavy atom. The third kappa shape index (κ3) is 7.63. The van der Waals surface area contributed by atoms with Crippen LogP contribution in [0.25, 0.3) is 0 Å². The van der Waals surface area contributed by atoms with Gasteiger partial charge in [-0.25, -0.2) is 4.79 Å². The molecule has 11 heteroatoms. The van der Waals surface area contributed by atoms with Crippen molar-refractivity contribution < 1.29 is 19.8 Å². The summed E-state index contributed by atoms with van der Waals surface area (Å²) in [6.07, 6.45) is 3.32. The smallest absolute Gasteiger partial charge is 0.356 e. The molecule has 0 heterocycles.